The maximum absolute atomic E-state index is 8.85. The first-order valence-electron chi connectivity index (χ1n) is 5.28. The maximum Gasteiger partial charge on any atom is 0.0938 e. The number of hydrogen-bond acceptors (Lipinski definition) is 2. The highest BCUT2D eigenvalue weighted by Gasteiger charge is 2.44. The summed E-state index contributed by atoms with van der Waals surface area (Å²) in [6, 6.07) is 0. The van der Waals surface area contributed by atoms with Gasteiger partial charge < -0.3 is 9.84 Å². The predicted molar refractivity (Wildman–Crippen MR) is 53.7 cm³/mol. The van der Waals surface area contributed by atoms with Crippen LogP contribution in [0.3, 0.4) is 0 Å². The molecule has 0 radical (unpaired) electrons. The van der Waals surface area contributed by atoms with Crippen molar-refractivity contribution in [1.82, 2.24) is 0 Å². The van der Waals surface area contributed by atoms with Crippen LogP contribution in [-0.2, 0) is 4.74 Å². The van der Waals surface area contributed by atoms with Crippen LogP contribution < -0.4 is 0 Å². The van der Waals surface area contributed by atoms with Crippen LogP contribution in [0.1, 0.15) is 46.5 Å². The van der Waals surface area contributed by atoms with Gasteiger partial charge in [-0.25, -0.2) is 0 Å². The second-order valence-corrected chi connectivity index (χ2v) is 4.96. The van der Waals surface area contributed by atoms with Gasteiger partial charge in [-0.05, 0) is 18.3 Å². The fourth-order valence-electron chi connectivity index (χ4n) is 1.46. The van der Waals surface area contributed by atoms with Crippen molar-refractivity contribution >= 4 is 0 Å². The quantitative estimate of drug-likeness (QED) is 0.646. The molecule has 1 N–H and O–H groups in total. The van der Waals surface area contributed by atoms with E-state index in [1.807, 2.05) is 0 Å². The van der Waals surface area contributed by atoms with Crippen LogP contribution in [0.2, 0.25) is 0 Å². The lowest BCUT2D eigenvalue weighted by Crippen LogP contribution is -2.18. The highest BCUT2D eigenvalue weighted by atomic mass is 16.6. The van der Waals surface area contributed by atoms with Crippen LogP contribution in [0.5, 0.6) is 0 Å². The van der Waals surface area contributed by atoms with Crippen molar-refractivity contribution in [1.29, 1.82) is 0 Å². The molecule has 0 saturated carbocycles. The minimum atomic E-state index is 0.0567. The van der Waals surface area contributed by atoms with Crippen molar-refractivity contribution in [3.8, 4) is 0 Å². The average Bonchev–Trinajstić information content (AvgIpc) is 2.84. The normalized spacial score (nSPS) is 27.7. The predicted octanol–water partition coefficient (Wildman–Crippen LogP) is 2.35. The van der Waals surface area contributed by atoms with Crippen LogP contribution in [0.15, 0.2) is 0 Å². The fraction of sp³-hybridized carbons (Fsp3) is 1.00. The zero-order chi connectivity index (χ0) is 9.95. The SMILES string of the molecule is CCC(C)(C)CCC1(CCO)CO1. The number of rotatable bonds is 6. The first kappa shape index (κ1) is 11.0. The highest BCUT2D eigenvalue weighted by Crippen LogP contribution is 2.39. The Kier molecular flexibility index (Phi) is 3.36. The van der Waals surface area contributed by atoms with Gasteiger partial charge in [0.2, 0.25) is 0 Å². The number of epoxide rings is 1. The molecule has 0 aliphatic carbocycles. The van der Waals surface area contributed by atoms with Crippen molar-refractivity contribution in [2.75, 3.05) is 13.2 Å². The Balaban J connectivity index is 2.25. The molecule has 13 heavy (non-hydrogen) atoms. The van der Waals surface area contributed by atoms with Gasteiger partial charge in [-0.2, -0.15) is 0 Å². The van der Waals surface area contributed by atoms with E-state index < -0.39 is 0 Å². The van der Waals surface area contributed by atoms with Crippen molar-refractivity contribution in [2.45, 2.75) is 52.1 Å². The van der Waals surface area contributed by atoms with Gasteiger partial charge in [0.05, 0.1) is 12.2 Å². The standard InChI is InChI=1S/C11H22O2/c1-4-10(2,3)5-6-11(7-8-12)9-13-11/h12H,4-9H2,1-3H3. The molecule has 0 bridgehead atoms. The first-order chi connectivity index (χ1) is 6.04. The van der Waals surface area contributed by atoms with E-state index in [0.29, 0.717) is 5.41 Å². The summed E-state index contributed by atoms with van der Waals surface area (Å²) in [5.74, 6) is 0. The van der Waals surface area contributed by atoms with Gasteiger partial charge in [0.1, 0.15) is 0 Å². The van der Waals surface area contributed by atoms with E-state index in [-0.39, 0.29) is 12.2 Å². The zero-order valence-electron chi connectivity index (χ0n) is 9.10. The highest BCUT2D eigenvalue weighted by molar-refractivity contribution is 4.92. The van der Waals surface area contributed by atoms with Crippen LogP contribution in [-0.4, -0.2) is 23.9 Å². The van der Waals surface area contributed by atoms with Crippen LogP contribution in [0.4, 0.5) is 0 Å². The molecule has 1 atom stereocenters. The first-order valence-corrected chi connectivity index (χ1v) is 5.28. The number of aliphatic hydroxyl groups is 1. The Bertz CT molecular complexity index is 159. The van der Waals surface area contributed by atoms with E-state index in [2.05, 4.69) is 20.8 Å². The topological polar surface area (TPSA) is 32.8 Å². The summed E-state index contributed by atoms with van der Waals surface area (Å²) in [5, 5.41) is 8.85. The van der Waals surface area contributed by atoms with Crippen LogP contribution in [0, 0.1) is 5.41 Å². The molecule has 0 aromatic carbocycles. The van der Waals surface area contributed by atoms with Crippen molar-refractivity contribution in [2.24, 2.45) is 5.41 Å². The lowest BCUT2D eigenvalue weighted by Gasteiger charge is -2.24. The summed E-state index contributed by atoms with van der Waals surface area (Å²) in [5.41, 5.74) is 0.482. The van der Waals surface area contributed by atoms with E-state index in [1.165, 1.54) is 12.8 Å². The lowest BCUT2D eigenvalue weighted by molar-refractivity contribution is 0.183. The molecule has 1 saturated heterocycles. The molecule has 1 fully saturated rings. The molecule has 2 heteroatoms. The summed E-state index contributed by atoms with van der Waals surface area (Å²) in [4.78, 5) is 0. The van der Waals surface area contributed by atoms with Crippen molar-refractivity contribution in [3.05, 3.63) is 0 Å². The van der Waals surface area contributed by atoms with Crippen molar-refractivity contribution in [3.63, 3.8) is 0 Å². The van der Waals surface area contributed by atoms with Crippen LogP contribution in [0.25, 0.3) is 0 Å². The minimum Gasteiger partial charge on any atom is -0.396 e. The van der Waals surface area contributed by atoms with Crippen molar-refractivity contribution < 1.29 is 9.84 Å². The Morgan fingerprint density at radius 1 is 1.38 bits per heavy atom. The van der Waals surface area contributed by atoms with Gasteiger partial charge in [0.15, 0.2) is 0 Å². The Morgan fingerprint density at radius 2 is 2.00 bits per heavy atom. The molecule has 0 amide bonds. The van der Waals surface area contributed by atoms with E-state index in [0.717, 1.165) is 19.4 Å². The maximum atomic E-state index is 8.85. The number of hydrogen-bond donors (Lipinski definition) is 1. The summed E-state index contributed by atoms with van der Waals surface area (Å²) in [6.45, 7) is 7.93. The second kappa shape index (κ2) is 3.97. The lowest BCUT2D eigenvalue weighted by atomic mass is 9.82. The molecule has 1 rings (SSSR count). The third kappa shape index (κ3) is 3.28. The molecule has 78 valence electrons. The number of ether oxygens (including phenoxy) is 1. The second-order valence-electron chi connectivity index (χ2n) is 4.96. The minimum absolute atomic E-state index is 0.0567. The molecule has 0 spiro atoms. The van der Waals surface area contributed by atoms with Gasteiger partial charge in [-0.1, -0.05) is 27.2 Å². The molecule has 1 aliphatic rings. The molecule has 2 nitrogen and oxygen atoms in total. The third-order valence-corrected chi connectivity index (χ3v) is 3.33. The molecule has 0 aromatic heterocycles. The van der Waals surface area contributed by atoms with Gasteiger partial charge in [-0.3, -0.25) is 0 Å². The molecule has 1 heterocycles. The van der Waals surface area contributed by atoms with Gasteiger partial charge in [0, 0.05) is 13.0 Å². The van der Waals surface area contributed by atoms with E-state index in [4.69, 9.17) is 9.84 Å². The zero-order valence-corrected chi connectivity index (χ0v) is 9.10. The summed E-state index contributed by atoms with van der Waals surface area (Å²) in [7, 11) is 0. The molecular weight excluding hydrogens is 164 g/mol. The summed E-state index contributed by atoms with van der Waals surface area (Å²) in [6.07, 6.45) is 4.33. The summed E-state index contributed by atoms with van der Waals surface area (Å²) >= 11 is 0. The largest absolute Gasteiger partial charge is 0.396 e. The molecular formula is C11H22O2. The Morgan fingerprint density at radius 3 is 2.38 bits per heavy atom. The third-order valence-electron chi connectivity index (χ3n) is 3.33. The monoisotopic (exact) mass is 186 g/mol. The van der Waals surface area contributed by atoms with E-state index >= 15 is 0 Å². The molecule has 1 aliphatic heterocycles. The Labute approximate surface area is 81.3 Å². The van der Waals surface area contributed by atoms with Gasteiger partial charge in [-0.15, -0.1) is 0 Å². The fourth-order valence-corrected chi connectivity index (χ4v) is 1.46. The van der Waals surface area contributed by atoms with Crippen LogP contribution >= 0.6 is 0 Å². The smallest absolute Gasteiger partial charge is 0.0938 e. The van der Waals surface area contributed by atoms with Gasteiger partial charge >= 0.3 is 0 Å². The average molecular weight is 186 g/mol. The Hall–Kier alpha value is -0.0800. The molecule has 0 aromatic rings. The van der Waals surface area contributed by atoms with E-state index in [1.54, 1.807) is 0 Å². The number of aliphatic hydroxyl groups excluding tert-OH is 1. The molecule has 1 unspecified atom stereocenters. The summed E-state index contributed by atoms with van der Waals surface area (Å²) < 4.78 is 5.42. The van der Waals surface area contributed by atoms with E-state index in [9.17, 15) is 0 Å². The van der Waals surface area contributed by atoms with Gasteiger partial charge in [0.25, 0.3) is 0 Å².